The van der Waals surface area contributed by atoms with Crippen molar-refractivity contribution >= 4 is 11.0 Å². The van der Waals surface area contributed by atoms with Crippen molar-refractivity contribution in [3.05, 3.63) is 49.1 Å². The molecule has 3 heteroatoms. The van der Waals surface area contributed by atoms with E-state index in [4.69, 9.17) is 0 Å². The second kappa shape index (κ2) is 2.73. The first-order valence-corrected chi connectivity index (χ1v) is 4.50. The van der Waals surface area contributed by atoms with Gasteiger partial charge in [0.25, 0.3) is 0 Å². The van der Waals surface area contributed by atoms with Crippen LogP contribution in [0.1, 0.15) is 0 Å². The molecule has 0 aliphatic carbocycles. The minimum Gasteiger partial charge on any atom is -0.345 e. The fourth-order valence-electron chi connectivity index (χ4n) is 1.65. The van der Waals surface area contributed by atoms with Crippen molar-refractivity contribution in [2.75, 3.05) is 0 Å². The Labute approximate surface area is 81.0 Å². The van der Waals surface area contributed by atoms with Crippen LogP contribution >= 0.6 is 0 Å². The predicted molar refractivity (Wildman–Crippen MR) is 55.4 cm³/mol. The van der Waals surface area contributed by atoms with Gasteiger partial charge in [-0.1, -0.05) is 6.07 Å². The van der Waals surface area contributed by atoms with Gasteiger partial charge in [0.05, 0.1) is 17.5 Å². The van der Waals surface area contributed by atoms with Crippen LogP contribution in [0, 0.1) is 0 Å². The molecule has 0 bridgehead atoms. The molecule has 14 heavy (non-hydrogen) atoms. The first-order valence-electron chi connectivity index (χ1n) is 4.50. The average Bonchev–Trinajstić information content (AvgIpc) is 2.88. The first kappa shape index (κ1) is 7.38. The summed E-state index contributed by atoms with van der Waals surface area (Å²) >= 11 is 0. The van der Waals surface area contributed by atoms with Gasteiger partial charge in [-0.3, -0.25) is 0 Å². The molecule has 0 unspecified atom stereocenters. The van der Waals surface area contributed by atoms with Gasteiger partial charge in [-0.05, 0) is 24.3 Å². The maximum atomic E-state index is 4.30. The molecule has 0 spiro atoms. The van der Waals surface area contributed by atoms with Crippen molar-refractivity contribution in [2.45, 2.75) is 0 Å². The number of imidazole rings is 1. The lowest BCUT2D eigenvalue weighted by atomic mass is 10.2. The van der Waals surface area contributed by atoms with Gasteiger partial charge in [0, 0.05) is 12.4 Å². The molecule has 3 nitrogen and oxygen atoms in total. The summed E-state index contributed by atoms with van der Waals surface area (Å²) in [5, 5.41) is 0. The monoisotopic (exact) mass is 183 g/mol. The van der Waals surface area contributed by atoms with Crippen molar-refractivity contribution in [3.8, 4) is 5.69 Å². The molecule has 1 N–H and O–H groups in total. The van der Waals surface area contributed by atoms with Gasteiger partial charge in [-0.25, -0.2) is 4.98 Å². The van der Waals surface area contributed by atoms with E-state index in [1.165, 1.54) is 0 Å². The summed E-state index contributed by atoms with van der Waals surface area (Å²) in [6.45, 7) is 0. The van der Waals surface area contributed by atoms with Gasteiger partial charge in [-0.2, -0.15) is 0 Å². The van der Waals surface area contributed by atoms with E-state index in [9.17, 15) is 0 Å². The van der Waals surface area contributed by atoms with Crippen molar-refractivity contribution in [1.29, 1.82) is 0 Å². The van der Waals surface area contributed by atoms with E-state index in [0.717, 1.165) is 16.7 Å². The molecule has 0 saturated carbocycles. The van der Waals surface area contributed by atoms with Gasteiger partial charge in [0.2, 0.25) is 0 Å². The second-order valence-electron chi connectivity index (χ2n) is 3.17. The maximum absolute atomic E-state index is 4.30. The van der Waals surface area contributed by atoms with Crippen molar-refractivity contribution in [1.82, 2.24) is 14.5 Å². The van der Waals surface area contributed by atoms with Gasteiger partial charge < -0.3 is 9.55 Å². The van der Waals surface area contributed by atoms with Crippen LogP contribution < -0.4 is 0 Å². The van der Waals surface area contributed by atoms with Gasteiger partial charge in [0.1, 0.15) is 5.52 Å². The standard InChI is InChI=1S/C11H9N3/c1-2-7-14(6-1)10-5-3-4-9-11(10)13-8-12-9/h1-8H,(H,12,13). The topological polar surface area (TPSA) is 33.6 Å². The van der Waals surface area contributed by atoms with Crippen LogP contribution in [0.4, 0.5) is 0 Å². The molecule has 2 heterocycles. The van der Waals surface area contributed by atoms with E-state index in [1.54, 1.807) is 6.33 Å². The fourth-order valence-corrected chi connectivity index (χ4v) is 1.65. The molecule has 3 aromatic rings. The van der Waals surface area contributed by atoms with E-state index >= 15 is 0 Å². The zero-order chi connectivity index (χ0) is 9.38. The quantitative estimate of drug-likeness (QED) is 0.617. The third kappa shape index (κ3) is 0.956. The molecule has 68 valence electrons. The number of H-pyrrole nitrogens is 1. The molecule has 0 saturated heterocycles. The lowest BCUT2D eigenvalue weighted by Crippen LogP contribution is -1.90. The van der Waals surface area contributed by atoms with Crippen LogP contribution in [-0.4, -0.2) is 14.5 Å². The number of para-hydroxylation sites is 1. The number of fused-ring (bicyclic) bond motifs is 1. The van der Waals surface area contributed by atoms with E-state index in [-0.39, 0.29) is 0 Å². The van der Waals surface area contributed by atoms with E-state index in [0.29, 0.717) is 0 Å². The van der Waals surface area contributed by atoms with Gasteiger partial charge in [0.15, 0.2) is 0 Å². The summed E-state index contributed by atoms with van der Waals surface area (Å²) in [5.74, 6) is 0. The summed E-state index contributed by atoms with van der Waals surface area (Å²) in [7, 11) is 0. The number of hydrogen-bond donors (Lipinski definition) is 1. The average molecular weight is 183 g/mol. The predicted octanol–water partition coefficient (Wildman–Crippen LogP) is 2.35. The first-order chi connectivity index (χ1) is 6.95. The minimum absolute atomic E-state index is 1.00. The second-order valence-corrected chi connectivity index (χ2v) is 3.17. The molecule has 0 aliphatic heterocycles. The summed E-state index contributed by atoms with van der Waals surface area (Å²) in [6, 6.07) is 10.1. The summed E-state index contributed by atoms with van der Waals surface area (Å²) in [4.78, 5) is 7.40. The van der Waals surface area contributed by atoms with Gasteiger partial charge in [-0.15, -0.1) is 0 Å². The van der Waals surface area contributed by atoms with Crippen molar-refractivity contribution in [3.63, 3.8) is 0 Å². The number of nitrogens with zero attached hydrogens (tertiary/aromatic N) is 2. The van der Waals surface area contributed by atoms with Crippen molar-refractivity contribution in [2.24, 2.45) is 0 Å². The van der Waals surface area contributed by atoms with Crippen LogP contribution in [0.2, 0.25) is 0 Å². The smallest absolute Gasteiger partial charge is 0.112 e. The molecule has 1 aromatic carbocycles. The zero-order valence-electron chi connectivity index (χ0n) is 7.51. The Balaban J connectivity index is 2.36. The SMILES string of the molecule is c1cc(-n2cccc2)c2nc[nH]c2c1. The Kier molecular flexibility index (Phi) is 1.44. The molecule has 0 atom stereocenters. The Morgan fingerprint density at radius 3 is 2.79 bits per heavy atom. The third-order valence-corrected chi connectivity index (χ3v) is 2.31. The van der Waals surface area contributed by atoms with Crippen LogP contribution in [-0.2, 0) is 0 Å². The number of hydrogen-bond acceptors (Lipinski definition) is 1. The highest BCUT2D eigenvalue weighted by Crippen LogP contribution is 2.18. The Morgan fingerprint density at radius 2 is 1.93 bits per heavy atom. The molecule has 0 aliphatic rings. The Hall–Kier alpha value is -2.03. The third-order valence-electron chi connectivity index (χ3n) is 2.31. The number of aromatic nitrogens is 3. The molecule has 3 rings (SSSR count). The lowest BCUT2D eigenvalue weighted by molar-refractivity contribution is 1.09. The maximum Gasteiger partial charge on any atom is 0.112 e. The van der Waals surface area contributed by atoms with Crippen LogP contribution in [0.5, 0.6) is 0 Å². The Bertz CT molecular complexity index is 549. The van der Waals surface area contributed by atoms with E-state index in [2.05, 4.69) is 20.6 Å². The zero-order valence-corrected chi connectivity index (χ0v) is 7.51. The summed E-state index contributed by atoms with van der Waals surface area (Å²) in [5.41, 5.74) is 3.17. The van der Waals surface area contributed by atoms with Crippen LogP contribution in [0.15, 0.2) is 49.1 Å². The highest BCUT2D eigenvalue weighted by Gasteiger charge is 2.02. The molecule has 0 amide bonds. The van der Waals surface area contributed by atoms with Gasteiger partial charge >= 0.3 is 0 Å². The van der Waals surface area contributed by atoms with E-state index in [1.807, 2.05) is 36.7 Å². The molecule has 0 fully saturated rings. The largest absolute Gasteiger partial charge is 0.345 e. The number of benzene rings is 1. The molecular weight excluding hydrogens is 174 g/mol. The molecular formula is C11H9N3. The molecule has 2 aromatic heterocycles. The summed E-state index contributed by atoms with van der Waals surface area (Å²) in [6.07, 6.45) is 5.75. The highest BCUT2D eigenvalue weighted by molar-refractivity contribution is 5.83. The molecule has 0 radical (unpaired) electrons. The number of aromatic amines is 1. The fraction of sp³-hybridized carbons (Fsp3) is 0. The minimum atomic E-state index is 1.00. The van der Waals surface area contributed by atoms with Crippen LogP contribution in [0.25, 0.3) is 16.7 Å². The highest BCUT2D eigenvalue weighted by atomic mass is 15.0. The lowest BCUT2D eigenvalue weighted by Gasteiger charge is -2.02. The van der Waals surface area contributed by atoms with E-state index < -0.39 is 0 Å². The normalized spacial score (nSPS) is 10.9. The number of nitrogens with one attached hydrogen (secondary N) is 1. The van der Waals surface area contributed by atoms with Crippen LogP contribution in [0.3, 0.4) is 0 Å². The summed E-state index contributed by atoms with van der Waals surface area (Å²) < 4.78 is 2.06. The Morgan fingerprint density at radius 1 is 1.07 bits per heavy atom. The number of rotatable bonds is 1. The van der Waals surface area contributed by atoms with Crippen molar-refractivity contribution < 1.29 is 0 Å².